The Morgan fingerprint density at radius 1 is 1.32 bits per heavy atom. The van der Waals surface area contributed by atoms with Crippen molar-refractivity contribution in [1.29, 1.82) is 0 Å². The SMILES string of the molecule is CCCOCc1noc(CCC(CCN)C(C)C)n1. The highest BCUT2D eigenvalue weighted by Crippen LogP contribution is 2.20. The number of nitrogens with two attached hydrogens (primary N) is 1. The molecule has 0 fully saturated rings. The number of rotatable bonds is 10. The van der Waals surface area contributed by atoms with Gasteiger partial charge in [-0.25, -0.2) is 0 Å². The summed E-state index contributed by atoms with van der Waals surface area (Å²) in [6.07, 6.45) is 3.92. The number of aromatic nitrogens is 2. The van der Waals surface area contributed by atoms with Gasteiger partial charge in [0, 0.05) is 13.0 Å². The maximum atomic E-state index is 5.64. The van der Waals surface area contributed by atoms with Crippen LogP contribution in [-0.4, -0.2) is 23.3 Å². The monoisotopic (exact) mass is 269 g/mol. The average molecular weight is 269 g/mol. The standard InChI is InChI=1S/C14H27N3O2/c1-4-9-18-10-13-16-14(19-17-13)6-5-12(7-8-15)11(2)3/h11-12H,4-10,15H2,1-3H3. The van der Waals surface area contributed by atoms with Gasteiger partial charge in [0.15, 0.2) is 5.82 Å². The van der Waals surface area contributed by atoms with Crippen LogP contribution >= 0.6 is 0 Å². The molecule has 2 N–H and O–H groups in total. The second-order valence-corrected chi connectivity index (χ2v) is 5.28. The summed E-state index contributed by atoms with van der Waals surface area (Å²) in [6.45, 7) is 8.45. The largest absolute Gasteiger partial charge is 0.373 e. The number of hydrogen-bond acceptors (Lipinski definition) is 5. The fraction of sp³-hybridized carbons (Fsp3) is 0.857. The van der Waals surface area contributed by atoms with Crippen LogP contribution in [0.1, 0.15) is 51.7 Å². The van der Waals surface area contributed by atoms with Gasteiger partial charge in [0.25, 0.3) is 0 Å². The van der Waals surface area contributed by atoms with Gasteiger partial charge < -0.3 is 15.0 Å². The molecule has 0 saturated heterocycles. The quantitative estimate of drug-likeness (QED) is 0.661. The van der Waals surface area contributed by atoms with Crippen molar-refractivity contribution in [2.45, 2.75) is 53.1 Å². The molecule has 0 amide bonds. The van der Waals surface area contributed by atoms with Gasteiger partial charge in [-0.3, -0.25) is 0 Å². The van der Waals surface area contributed by atoms with Crippen LogP contribution in [0.15, 0.2) is 4.52 Å². The Bertz CT molecular complexity index is 339. The molecule has 5 heteroatoms. The first kappa shape index (κ1) is 16.1. The minimum atomic E-state index is 0.438. The molecule has 0 saturated carbocycles. The van der Waals surface area contributed by atoms with E-state index in [-0.39, 0.29) is 0 Å². The summed E-state index contributed by atoms with van der Waals surface area (Å²) in [6, 6.07) is 0. The van der Waals surface area contributed by atoms with E-state index in [1.54, 1.807) is 0 Å². The molecule has 110 valence electrons. The highest BCUT2D eigenvalue weighted by Gasteiger charge is 2.15. The van der Waals surface area contributed by atoms with E-state index in [9.17, 15) is 0 Å². The van der Waals surface area contributed by atoms with Crippen LogP contribution in [-0.2, 0) is 17.8 Å². The second-order valence-electron chi connectivity index (χ2n) is 5.28. The molecule has 5 nitrogen and oxygen atoms in total. The molecular formula is C14H27N3O2. The van der Waals surface area contributed by atoms with Gasteiger partial charge in [-0.2, -0.15) is 4.98 Å². The molecular weight excluding hydrogens is 242 g/mol. The lowest BCUT2D eigenvalue weighted by Gasteiger charge is -2.18. The molecule has 1 aromatic rings. The summed E-state index contributed by atoms with van der Waals surface area (Å²) in [5.41, 5.74) is 5.64. The number of nitrogens with zero attached hydrogens (tertiary/aromatic N) is 2. The fourth-order valence-corrected chi connectivity index (χ4v) is 2.09. The van der Waals surface area contributed by atoms with Crippen LogP contribution in [0.5, 0.6) is 0 Å². The number of hydrogen-bond donors (Lipinski definition) is 1. The van der Waals surface area contributed by atoms with Crippen LogP contribution in [0.2, 0.25) is 0 Å². The molecule has 0 aromatic carbocycles. The molecule has 0 aliphatic heterocycles. The summed E-state index contributed by atoms with van der Waals surface area (Å²) >= 11 is 0. The van der Waals surface area contributed by atoms with Gasteiger partial charge in [0.1, 0.15) is 6.61 Å². The van der Waals surface area contributed by atoms with Crippen LogP contribution in [0.25, 0.3) is 0 Å². The maximum Gasteiger partial charge on any atom is 0.226 e. The number of aryl methyl sites for hydroxylation is 1. The molecule has 0 radical (unpaired) electrons. The Kier molecular flexibility index (Phi) is 7.67. The number of ether oxygens (including phenoxy) is 1. The Hall–Kier alpha value is -0.940. The smallest absolute Gasteiger partial charge is 0.226 e. The molecule has 0 bridgehead atoms. The van der Waals surface area contributed by atoms with Crippen molar-refractivity contribution < 1.29 is 9.26 Å². The summed E-state index contributed by atoms with van der Waals surface area (Å²) < 4.78 is 10.6. The van der Waals surface area contributed by atoms with Gasteiger partial charge in [0.2, 0.25) is 5.89 Å². The summed E-state index contributed by atoms with van der Waals surface area (Å²) in [4.78, 5) is 4.34. The maximum absolute atomic E-state index is 5.64. The normalized spacial score (nSPS) is 13.1. The van der Waals surface area contributed by atoms with Gasteiger partial charge in [-0.1, -0.05) is 25.9 Å². The third-order valence-corrected chi connectivity index (χ3v) is 3.30. The fourth-order valence-electron chi connectivity index (χ4n) is 2.09. The second kappa shape index (κ2) is 9.04. The zero-order chi connectivity index (χ0) is 14.1. The van der Waals surface area contributed by atoms with Crippen molar-refractivity contribution in [2.24, 2.45) is 17.6 Å². The van der Waals surface area contributed by atoms with E-state index in [0.717, 1.165) is 38.8 Å². The zero-order valence-corrected chi connectivity index (χ0v) is 12.4. The lowest BCUT2D eigenvalue weighted by atomic mass is 9.88. The zero-order valence-electron chi connectivity index (χ0n) is 12.4. The van der Waals surface area contributed by atoms with Gasteiger partial charge >= 0.3 is 0 Å². The molecule has 0 spiro atoms. The molecule has 1 rings (SSSR count). The lowest BCUT2D eigenvalue weighted by Crippen LogP contribution is -2.15. The average Bonchev–Trinajstić information content (AvgIpc) is 2.82. The molecule has 1 heterocycles. The van der Waals surface area contributed by atoms with E-state index in [1.807, 2.05) is 0 Å². The summed E-state index contributed by atoms with van der Waals surface area (Å²) in [7, 11) is 0. The molecule has 1 unspecified atom stereocenters. The van der Waals surface area contributed by atoms with E-state index < -0.39 is 0 Å². The van der Waals surface area contributed by atoms with Crippen LogP contribution in [0.3, 0.4) is 0 Å². The van der Waals surface area contributed by atoms with E-state index in [0.29, 0.717) is 30.2 Å². The molecule has 1 atom stereocenters. The highest BCUT2D eigenvalue weighted by atomic mass is 16.5. The Labute approximate surface area is 115 Å². The first-order valence-electron chi connectivity index (χ1n) is 7.26. The Morgan fingerprint density at radius 2 is 2.11 bits per heavy atom. The molecule has 0 aliphatic carbocycles. The van der Waals surface area contributed by atoms with Gasteiger partial charge in [-0.05, 0) is 37.6 Å². The van der Waals surface area contributed by atoms with Crippen LogP contribution < -0.4 is 5.73 Å². The van der Waals surface area contributed by atoms with Crippen LogP contribution in [0.4, 0.5) is 0 Å². The van der Waals surface area contributed by atoms with E-state index in [2.05, 4.69) is 30.9 Å². The third kappa shape index (κ3) is 6.16. The van der Waals surface area contributed by atoms with Crippen LogP contribution in [0, 0.1) is 11.8 Å². The Balaban J connectivity index is 2.36. The third-order valence-electron chi connectivity index (χ3n) is 3.30. The predicted molar refractivity (Wildman–Crippen MR) is 74.6 cm³/mol. The molecule has 19 heavy (non-hydrogen) atoms. The minimum absolute atomic E-state index is 0.438. The van der Waals surface area contributed by atoms with E-state index >= 15 is 0 Å². The van der Waals surface area contributed by atoms with E-state index in [1.165, 1.54) is 0 Å². The summed E-state index contributed by atoms with van der Waals surface area (Å²) in [5, 5.41) is 3.92. The van der Waals surface area contributed by atoms with Gasteiger partial charge in [-0.15, -0.1) is 0 Å². The minimum Gasteiger partial charge on any atom is -0.373 e. The van der Waals surface area contributed by atoms with Crippen molar-refractivity contribution in [3.8, 4) is 0 Å². The van der Waals surface area contributed by atoms with Crippen molar-refractivity contribution in [3.05, 3.63) is 11.7 Å². The van der Waals surface area contributed by atoms with Crippen molar-refractivity contribution in [2.75, 3.05) is 13.2 Å². The topological polar surface area (TPSA) is 74.2 Å². The van der Waals surface area contributed by atoms with Crippen molar-refractivity contribution >= 4 is 0 Å². The lowest BCUT2D eigenvalue weighted by molar-refractivity contribution is 0.114. The molecule has 0 aliphatic rings. The first-order chi connectivity index (χ1) is 9.17. The highest BCUT2D eigenvalue weighted by molar-refractivity contribution is 4.85. The van der Waals surface area contributed by atoms with Crippen molar-refractivity contribution in [1.82, 2.24) is 10.1 Å². The Morgan fingerprint density at radius 3 is 2.74 bits per heavy atom. The van der Waals surface area contributed by atoms with E-state index in [4.69, 9.17) is 15.0 Å². The predicted octanol–water partition coefficient (Wildman–Crippen LogP) is 2.55. The summed E-state index contributed by atoms with van der Waals surface area (Å²) in [5.74, 6) is 2.61. The molecule has 1 aromatic heterocycles. The van der Waals surface area contributed by atoms with Crippen molar-refractivity contribution in [3.63, 3.8) is 0 Å². The van der Waals surface area contributed by atoms with Gasteiger partial charge in [0.05, 0.1) is 0 Å². The first-order valence-corrected chi connectivity index (χ1v) is 7.26.